The van der Waals surface area contributed by atoms with Gasteiger partial charge in [0.1, 0.15) is 11.6 Å². The zero-order chi connectivity index (χ0) is 27.1. The number of pyridine rings is 1. The highest BCUT2D eigenvalue weighted by atomic mass is 16.3. The van der Waals surface area contributed by atoms with Crippen molar-refractivity contribution in [1.29, 1.82) is 0 Å². The first-order chi connectivity index (χ1) is 18.2. The van der Waals surface area contributed by atoms with E-state index >= 15 is 0 Å². The standard InChI is InChI=1S/C31H34N4O3/c1-31(2,35-20-28(37)26-11-14-29(32)33-19-26)17-21-5-3-8-25(15-21)30(38)34-18-22-6-4-7-24(16-22)23-9-12-27(36)13-10-23/h3-16,19,28,35-37H,17-18,20H2,1-2H3,(H2,32,33)(H,34,38)/t28-/m1/s1. The SMILES string of the molecule is CC(C)(Cc1cccc(C(=O)NCc2cccc(-c3ccc(O)cc3)c2)c1)NC[C@@H](O)c1ccc(N)nc1. The molecule has 38 heavy (non-hydrogen) atoms. The smallest absolute Gasteiger partial charge is 0.251 e. The molecule has 7 heteroatoms. The third-order valence-electron chi connectivity index (χ3n) is 6.38. The predicted molar refractivity (Wildman–Crippen MR) is 151 cm³/mol. The first kappa shape index (κ1) is 26.9. The van der Waals surface area contributed by atoms with Crippen molar-refractivity contribution >= 4 is 11.7 Å². The zero-order valence-corrected chi connectivity index (χ0v) is 21.7. The number of β-amino-alcohol motifs (C(OH)–C–C–N with tert-alkyl or cyclic N) is 1. The third-order valence-corrected chi connectivity index (χ3v) is 6.38. The van der Waals surface area contributed by atoms with Gasteiger partial charge in [-0.25, -0.2) is 4.98 Å². The number of rotatable bonds is 10. The zero-order valence-electron chi connectivity index (χ0n) is 21.7. The molecule has 3 aromatic carbocycles. The Labute approximate surface area is 223 Å². The highest BCUT2D eigenvalue weighted by Gasteiger charge is 2.20. The number of nitrogens with zero attached hydrogens (tertiary/aromatic N) is 1. The second-order valence-corrected chi connectivity index (χ2v) is 10.1. The van der Waals surface area contributed by atoms with Gasteiger partial charge >= 0.3 is 0 Å². The molecular formula is C31H34N4O3. The molecular weight excluding hydrogens is 476 g/mol. The summed E-state index contributed by atoms with van der Waals surface area (Å²) < 4.78 is 0. The monoisotopic (exact) mass is 510 g/mol. The molecule has 0 bridgehead atoms. The van der Waals surface area contributed by atoms with Crippen LogP contribution in [0.25, 0.3) is 11.1 Å². The Kier molecular flexibility index (Phi) is 8.41. The summed E-state index contributed by atoms with van der Waals surface area (Å²) in [5.41, 5.74) is 10.6. The number of nitrogen functional groups attached to an aromatic ring is 1. The maximum Gasteiger partial charge on any atom is 0.251 e. The molecule has 0 unspecified atom stereocenters. The number of aliphatic hydroxyl groups excluding tert-OH is 1. The normalized spacial score (nSPS) is 12.2. The Morgan fingerprint density at radius 3 is 2.42 bits per heavy atom. The summed E-state index contributed by atoms with van der Waals surface area (Å²) >= 11 is 0. The van der Waals surface area contributed by atoms with Crippen molar-refractivity contribution in [2.45, 2.75) is 38.5 Å². The average Bonchev–Trinajstić information content (AvgIpc) is 2.91. The van der Waals surface area contributed by atoms with E-state index in [2.05, 4.69) is 29.5 Å². The highest BCUT2D eigenvalue weighted by Crippen LogP contribution is 2.23. The lowest BCUT2D eigenvalue weighted by Gasteiger charge is -2.28. The Morgan fingerprint density at radius 1 is 0.947 bits per heavy atom. The Bertz CT molecular complexity index is 1370. The number of phenols is 1. The predicted octanol–water partition coefficient (Wildman–Crippen LogP) is 4.61. The van der Waals surface area contributed by atoms with E-state index in [1.54, 1.807) is 30.5 Å². The molecule has 1 atom stereocenters. The number of hydrogen-bond acceptors (Lipinski definition) is 6. The van der Waals surface area contributed by atoms with E-state index in [9.17, 15) is 15.0 Å². The van der Waals surface area contributed by atoms with Crippen LogP contribution in [0.3, 0.4) is 0 Å². The number of anilines is 1. The van der Waals surface area contributed by atoms with Crippen LogP contribution in [0.15, 0.2) is 91.1 Å². The molecule has 7 nitrogen and oxygen atoms in total. The van der Waals surface area contributed by atoms with Crippen LogP contribution in [-0.2, 0) is 13.0 Å². The lowest BCUT2D eigenvalue weighted by Crippen LogP contribution is -2.43. The summed E-state index contributed by atoms with van der Waals surface area (Å²) in [6.45, 7) is 4.89. The first-order valence-corrected chi connectivity index (χ1v) is 12.6. The van der Waals surface area contributed by atoms with Crippen LogP contribution in [0.2, 0.25) is 0 Å². The van der Waals surface area contributed by atoms with Gasteiger partial charge in [-0.05, 0) is 78.9 Å². The summed E-state index contributed by atoms with van der Waals surface area (Å²) in [7, 11) is 0. The number of carbonyl (C=O) groups is 1. The van der Waals surface area contributed by atoms with Gasteiger partial charge in [0.15, 0.2) is 0 Å². The van der Waals surface area contributed by atoms with Crippen LogP contribution in [-0.4, -0.2) is 33.2 Å². The van der Waals surface area contributed by atoms with Crippen LogP contribution in [0.1, 0.15) is 47.0 Å². The van der Waals surface area contributed by atoms with E-state index < -0.39 is 6.10 Å². The lowest BCUT2D eigenvalue weighted by molar-refractivity contribution is 0.0950. The summed E-state index contributed by atoms with van der Waals surface area (Å²) in [6, 6.07) is 26.1. The Hall–Kier alpha value is -4.20. The summed E-state index contributed by atoms with van der Waals surface area (Å²) in [6.07, 6.45) is 1.56. The summed E-state index contributed by atoms with van der Waals surface area (Å²) in [5, 5.41) is 26.5. The average molecular weight is 511 g/mol. The van der Waals surface area contributed by atoms with Gasteiger partial charge in [-0.1, -0.05) is 48.5 Å². The van der Waals surface area contributed by atoms with E-state index in [0.717, 1.165) is 22.3 Å². The van der Waals surface area contributed by atoms with E-state index in [0.29, 0.717) is 36.5 Å². The molecule has 4 aromatic rings. The van der Waals surface area contributed by atoms with Crippen molar-refractivity contribution in [3.63, 3.8) is 0 Å². The van der Waals surface area contributed by atoms with Crippen molar-refractivity contribution in [3.8, 4) is 16.9 Å². The number of nitrogens with one attached hydrogen (secondary N) is 2. The molecule has 0 aliphatic rings. The fourth-order valence-electron chi connectivity index (χ4n) is 4.30. The maximum atomic E-state index is 12.9. The molecule has 0 aliphatic carbocycles. The fourth-order valence-corrected chi connectivity index (χ4v) is 4.30. The van der Waals surface area contributed by atoms with E-state index in [1.807, 2.05) is 60.7 Å². The number of carbonyl (C=O) groups excluding carboxylic acids is 1. The van der Waals surface area contributed by atoms with E-state index in [4.69, 9.17) is 5.73 Å². The van der Waals surface area contributed by atoms with Gasteiger partial charge in [-0.2, -0.15) is 0 Å². The van der Waals surface area contributed by atoms with Gasteiger partial charge in [0.25, 0.3) is 5.91 Å². The van der Waals surface area contributed by atoms with E-state index in [1.165, 1.54) is 0 Å². The molecule has 4 rings (SSSR count). The number of phenolic OH excluding ortho intramolecular Hbond substituents is 1. The van der Waals surface area contributed by atoms with E-state index in [-0.39, 0.29) is 17.2 Å². The largest absolute Gasteiger partial charge is 0.508 e. The van der Waals surface area contributed by atoms with Gasteiger partial charge in [0.2, 0.25) is 0 Å². The highest BCUT2D eigenvalue weighted by molar-refractivity contribution is 5.94. The second-order valence-electron chi connectivity index (χ2n) is 10.1. The van der Waals surface area contributed by atoms with Crippen LogP contribution in [0.5, 0.6) is 5.75 Å². The number of benzene rings is 3. The van der Waals surface area contributed by atoms with Crippen LogP contribution in [0, 0.1) is 0 Å². The Morgan fingerprint density at radius 2 is 1.68 bits per heavy atom. The van der Waals surface area contributed by atoms with Crippen molar-refractivity contribution in [2.24, 2.45) is 0 Å². The van der Waals surface area contributed by atoms with Gasteiger partial charge in [-0.15, -0.1) is 0 Å². The number of amides is 1. The molecule has 1 heterocycles. The minimum atomic E-state index is -0.702. The van der Waals surface area contributed by atoms with Crippen LogP contribution in [0.4, 0.5) is 5.82 Å². The van der Waals surface area contributed by atoms with Crippen LogP contribution < -0.4 is 16.4 Å². The second kappa shape index (κ2) is 11.9. The molecule has 1 amide bonds. The number of aliphatic hydroxyl groups is 1. The van der Waals surface area contributed by atoms with Crippen molar-refractivity contribution in [3.05, 3.63) is 113 Å². The number of hydrogen-bond donors (Lipinski definition) is 5. The van der Waals surface area contributed by atoms with Gasteiger partial charge in [0, 0.05) is 36.0 Å². The van der Waals surface area contributed by atoms with Gasteiger partial charge < -0.3 is 26.6 Å². The topological polar surface area (TPSA) is 120 Å². The molecule has 0 saturated carbocycles. The summed E-state index contributed by atoms with van der Waals surface area (Å²) in [4.78, 5) is 17.0. The van der Waals surface area contributed by atoms with Crippen molar-refractivity contribution < 1.29 is 15.0 Å². The third kappa shape index (κ3) is 7.41. The quantitative estimate of drug-likeness (QED) is 0.212. The van der Waals surface area contributed by atoms with Gasteiger partial charge in [-0.3, -0.25) is 4.79 Å². The molecule has 1 aromatic heterocycles. The number of nitrogens with two attached hydrogens (primary N) is 1. The molecule has 0 aliphatic heterocycles. The molecule has 0 saturated heterocycles. The lowest BCUT2D eigenvalue weighted by atomic mass is 9.93. The minimum Gasteiger partial charge on any atom is -0.508 e. The maximum absolute atomic E-state index is 12.9. The minimum absolute atomic E-state index is 0.140. The number of aromatic nitrogens is 1. The first-order valence-electron chi connectivity index (χ1n) is 12.6. The van der Waals surface area contributed by atoms with Gasteiger partial charge in [0.05, 0.1) is 6.10 Å². The molecule has 196 valence electrons. The van der Waals surface area contributed by atoms with Crippen LogP contribution >= 0.6 is 0 Å². The summed E-state index contributed by atoms with van der Waals surface area (Å²) in [5.74, 6) is 0.506. The van der Waals surface area contributed by atoms with Crippen molar-refractivity contribution in [1.82, 2.24) is 15.6 Å². The molecule has 0 radical (unpaired) electrons. The molecule has 6 N–H and O–H groups in total. The number of aromatic hydroxyl groups is 1. The fraction of sp³-hybridized carbons (Fsp3) is 0.226. The molecule has 0 fully saturated rings. The van der Waals surface area contributed by atoms with Crippen molar-refractivity contribution in [2.75, 3.05) is 12.3 Å². The molecule has 0 spiro atoms. The Balaban J connectivity index is 1.33.